The van der Waals surface area contributed by atoms with Crippen LogP contribution in [0.4, 0.5) is 0 Å². The Morgan fingerprint density at radius 2 is 1.50 bits per heavy atom. The maximum atomic E-state index is 3.35. The van der Waals surface area contributed by atoms with Crippen molar-refractivity contribution < 1.29 is 21.2 Å². The summed E-state index contributed by atoms with van der Waals surface area (Å²) < 4.78 is 4.76. The van der Waals surface area contributed by atoms with Crippen molar-refractivity contribution in [1.82, 2.24) is 0 Å². The molecule has 0 bridgehead atoms. The fourth-order valence-corrected chi connectivity index (χ4v) is 3.19. The van der Waals surface area contributed by atoms with E-state index in [1.165, 1.54) is 9.13 Å². The van der Waals surface area contributed by atoms with Crippen molar-refractivity contribution in [2.24, 2.45) is 0 Å². The third kappa shape index (κ3) is 4.93. The lowest BCUT2D eigenvalue weighted by atomic mass is 10.1. The minimum absolute atomic E-state index is 0.107. The molecular formula is C17H16I+. The molecule has 0 saturated carbocycles. The van der Waals surface area contributed by atoms with Crippen molar-refractivity contribution in [3.05, 3.63) is 69.8 Å². The van der Waals surface area contributed by atoms with E-state index in [1.54, 1.807) is 0 Å². The van der Waals surface area contributed by atoms with Gasteiger partial charge in [0.1, 0.15) is 0 Å². The predicted octanol–water partition coefficient (Wildman–Crippen LogP) is 0.929. The highest BCUT2D eigenvalue weighted by Crippen LogP contribution is 2.03. The van der Waals surface area contributed by atoms with Crippen LogP contribution in [0.1, 0.15) is 18.4 Å². The molecule has 0 aliphatic rings. The Kier molecular flexibility index (Phi) is 5.81. The average molecular weight is 347 g/mol. The molecule has 0 heterocycles. The van der Waals surface area contributed by atoms with Gasteiger partial charge in [0.25, 0.3) is 0 Å². The van der Waals surface area contributed by atoms with E-state index in [-0.39, 0.29) is 21.2 Å². The Morgan fingerprint density at radius 1 is 0.833 bits per heavy atom. The standard InChI is InChI=1S/C17H16I/c1-4-10-16(11-5-1)12-6-3-9-15-18-17-13-7-2-8-14-17/h1-2,4-5,7-8,10-11,13-14H,3,6,12H2/q+1. The van der Waals surface area contributed by atoms with Crippen LogP contribution in [0.2, 0.25) is 0 Å². The van der Waals surface area contributed by atoms with Gasteiger partial charge in [0.15, 0.2) is 3.93 Å². The fourth-order valence-electron chi connectivity index (χ4n) is 1.64. The molecule has 18 heavy (non-hydrogen) atoms. The van der Waals surface area contributed by atoms with Gasteiger partial charge in [0.05, 0.1) is 0 Å². The lowest BCUT2D eigenvalue weighted by Crippen LogP contribution is -3.59. The molecule has 0 aliphatic heterocycles. The van der Waals surface area contributed by atoms with Crippen LogP contribution in [0.3, 0.4) is 0 Å². The molecule has 0 unspecified atom stereocenters. The smallest absolute Gasteiger partial charge is 0.0622 e. The van der Waals surface area contributed by atoms with Crippen LogP contribution < -0.4 is 21.2 Å². The highest BCUT2D eigenvalue weighted by Gasteiger charge is 2.05. The van der Waals surface area contributed by atoms with E-state index in [1.807, 2.05) is 0 Å². The largest absolute Gasteiger partial charge is 0.419 e. The Morgan fingerprint density at radius 3 is 2.22 bits per heavy atom. The molecule has 0 nitrogen and oxygen atoms in total. The summed E-state index contributed by atoms with van der Waals surface area (Å²) in [6.07, 6.45) is 3.32. The zero-order valence-corrected chi connectivity index (χ0v) is 12.4. The summed E-state index contributed by atoms with van der Waals surface area (Å²) in [7, 11) is 0. The van der Waals surface area contributed by atoms with Crippen LogP contribution in [0.5, 0.6) is 0 Å². The molecule has 0 radical (unpaired) electrons. The minimum Gasteiger partial charge on any atom is -0.0622 e. The number of halogens is 1. The van der Waals surface area contributed by atoms with Crippen LogP contribution >= 0.6 is 0 Å². The Hall–Kier alpha value is -1.27. The molecule has 0 fully saturated rings. The molecule has 0 amide bonds. The van der Waals surface area contributed by atoms with E-state index in [4.69, 9.17) is 0 Å². The summed E-state index contributed by atoms with van der Waals surface area (Å²) in [5.74, 6) is 3.30. The average Bonchev–Trinajstić information content (AvgIpc) is 2.45. The number of unbranched alkanes of at least 4 members (excludes halogenated alkanes) is 1. The molecule has 2 rings (SSSR count). The second-order valence-corrected chi connectivity index (χ2v) is 6.32. The SMILES string of the molecule is C(#C[I+]c1ccccc1)CCCc1ccccc1. The second kappa shape index (κ2) is 7.94. The Balaban J connectivity index is 1.67. The third-order valence-corrected chi connectivity index (χ3v) is 4.56. The quantitative estimate of drug-likeness (QED) is 0.439. The van der Waals surface area contributed by atoms with Gasteiger partial charge >= 0.3 is 21.2 Å². The van der Waals surface area contributed by atoms with Gasteiger partial charge in [-0.2, -0.15) is 0 Å². The van der Waals surface area contributed by atoms with Gasteiger partial charge in [-0.05, 0) is 36.5 Å². The zero-order valence-electron chi connectivity index (χ0n) is 10.3. The van der Waals surface area contributed by atoms with Crippen LogP contribution in [0.25, 0.3) is 0 Å². The van der Waals surface area contributed by atoms with Gasteiger partial charge in [-0.15, -0.1) is 0 Å². The molecule has 2 aromatic rings. The summed E-state index contributed by atoms with van der Waals surface area (Å²) in [5.41, 5.74) is 1.41. The molecule has 0 aromatic heterocycles. The maximum Gasteiger partial charge on any atom is 0.419 e. The third-order valence-electron chi connectivity index (χ3n) is 2.57. The first kappa shape index (κ1) is 13.2. The lowest BCUT2D eigenvalue weighted by Gasteiger charge is -1.96. The summed E-state index contributed by atoms with van der Waals surface area (Å²) in [6.45, 7) is 0. The van der Waals surface area contributed by atoms with Crippen molar-refractivity contribution in [2.75, 3.05) is 0 Å². The first-order chi connectivity index (χ1) is 8.95. The Bertz CT molecular complexity index is 506. The van der Waals surface area contributed by atoms with E-state index in [0.717, 1.165) is 19.3 Å². The van der Waals surface area contributed by atoms with Crippen molar-refractivity contribution in [2.45, 2.75) is 19.3 Å². The molecule has 0 saturated heterocycles. The van der Waals surface area contributed by atoms with Gasteiger partial charge in [-0.3, -0.25) is 0 Å². The monoisotopic (exact) mass is 347 g/mol. The zero-order chi connectivity index (χ0) is 12.5. The Labute approximate surface area is 120 Å². The number of hydrogen-bond donors (Lipinski definition) is 0. The van der Waals surface area contributed by atoms with Crippen LogP contribution in [0, 0.1) is 13.4 Å². The predicted molar refractivity (Wildman–Crippen MR) is 72.3 cm³/mol. The number of aryl methyl sites for hydroxylation is 1. The van der Waals surface area contributed by atoms with Gasteiger partial charge in [0.2, 0.25) is 3.57 Å². The normalized spacial score (nSPS) is 9.56. The molecule has 0 atom stereocenters. The first-order valence-electron chi connectivity index (χ1n) is 6.16. The number of benzene rings is 2. The molecule has 0 spiro atoms. The van der Waals surface area contributed by atoms with Crippen LogP contribution in [0.15, 0.2) is 60.7 Å². The molecule has 0 aliphatic carbocycles. The van der Waals surface area contributed by atoms with Gasteiger partial charge in [-0.25, -0.2) is 0 Å². The van der Waals surface area contributed by atoms with Crippen LogP contribution in [-0.4, -0.2) is 0 Å². The van der Waals surface area contributed by atoms with Gasteiger partial charge < -0.3 is 0 Å². The molecular weight excluding hydrogens is 331 g/mol. The summed E-state index contributed by atoms with van der Waals surface area (Å²) >= 11 is -0.107. The van der Waals surface area contributed by atoms with E-state index in [9.17, 15) is 0 Å². The molecule has 2 aromatic carbocycles. The van der Waals surface area contributed by atoms with E-state index in [0.29, 0.717) is 0 Å². The fraction of sp³-hybridized carbons (Fsp3) is 0.176. The summed E-state index contributed by atoms with van der Waals surface area (Å²) in [5, 5.41) is 0. The number of rotatable bonds is 4. The molecule has 1 heteroatoms. The van der Waals surface area contributed by atoms with E-state index < -0.39 is 0 Å². The van der Waals surface area contributed by atoms with Crippen molar-refractivity contribution in [3.8, 4) is 9.85 Å². The minimum atomic E-state index is -0.107. The molecule has 90 valence electrons. The lowest BCUT2D eigenvalue weighted by molar-refractivity contribution is -0.535. The van der Waals surface area contributed by atoms with Crippen molar-refractivity contribution in [1.29, 1.82) is 0 Å². The van der Waals surface area contributed by atoms with Gasteiger partial charge in [0, 0.05) is 6.42 Å². The van der Waals surface area contributed by atoms with Crippen molar-refractivity contribution in [3.63, 3.8) is 0 Å². The van der Waals surface area contributed by atoms with Crippen LogP contribution in [-0.2, 0) is 6.42 Å². The van der Waals surface area contributed by atoms with E-state index >= 15 is 0 Å². The highest BCUT2D eigenvalue weighted by molar-refractivity contribution is 5.14. The van der Waals surface area contributed by atoms with Crippen molar-refractivity contribution >= 4 is 0 Å². The summed E-state index contributed by atoms with van der Waals surface area (Å²) in [4.78, 5) is 0. The molecule has 0 N–H and O–H groups in total. The van der Waals surface area contributed by atoms with E-state index in [2.05, 4.69) is 70.5 Å². The topological polar surface area (TPSA) is 0 Å². The first-order valence-corrected chi connectivity index (χ1v) is 8.31. The van der Waals surface area contributed by atoms with Gasteiger partial charge in [-0.1, -0.05) is 48.5 Å². The number of hydrogen-bond acceptors (Lipinski definition) is 0. The second-order valence-electron chi connectivity index (χ2n) is 4.00. The summed E-state index contributed by atoms with van der Waals surface area (Å²) in [6, 6.07) is 21.2. The highest BCUT2D eigenvalue weighted by atomic mass is 127. The maximum absolute atomic E-state index is 3.35.